The summed E-state index contributed by atoms with van der Waals surface area (Å²) in [5, 5.41) is 2.77. The topological polar surface area (TPSA) is 99.3 Å². The second kappa shape index (κ2) is 11.6. The summed E-state index contributed by atoms with van der Waals surface area (Å²) in [5.74, 6) is -1.18. The quantitative estimate of drug-likeness (QED) is 0.513. The van der Waals surface area contributed by atoms with E-state index in [2.05, 4.69) is 5.32 Å². The molecule has 0 unspecified atom stereocenters. The van der Waals surface area contributed by atoms with E-state index >= 15 is 0 Å². The Morgan fingerprint density at radius 1 is 1.08 bits per heavy atom. The third-order valence-corrected chi connectivity index (χ3v) is 8.87. The molecule has 0 bridgehead atoms. The number of rotatable bonds is 8. The van der Waals surface area contributed by atoms with Gasteiger partial charge in [-0.2, -0.15) is 4.31 Å². The van der Waals surface area contributed by atoms with Gasteiger partial charge in [-0.25, -0.2) is 22.4 Å². The van der Waals surface area contributed by atoms with Gasteiger partial charge in [0.25, 0.3) is 0 Å². The van der Waals surface area contributed by atoms with Gasteiger partial charge in [0.15, 0.2) is 0 Å². The maximum absolute atomic E-state index is 14.8. The SMILES string of the molecule is CCOC(=O)C1=C(CN2CCN(S(=O)(=O)c3ccccc3)[C@@H](C)C2)N(CC)C(=O)N[C@@H]1c1ccccc1F. The molecule has 2 aromatic rings. The minimum Gasteiger partial charge on any atom is -0.463 e. The zero-order chi connectivity index (χ0) is 27.4. The monoisotopic (exact) mass is 544 g/mol. The number of carbonyl (C=O) groups excluding carboxylic acids is 2. The van der Waals surface area contributed by atoms with Gasteiger partial charge in [0.05, 0.1) is 23.1 Å². The normalized spacial score (nSPS) is 21.4. The van der Waals surface area contributed by atoms with E-state index in [1.54, 1.807) is 56.3 Å². The van der Waals surface area contributed by atoms with Crippen molar-refractivity contribution in [3.05, 3.63) is 77.2 Å². The predicted molar refractivity (Wildman–Crippen MR) is 140 cm³/mol. The number of hydrogen-bond donors (Lipinski definition) is 1. The molecule has 2 aliphatic heterocycles. The molecule has 11 heteroatoms. The number of carbonyl (C=O) groups is 2. The lowest BCUT2D eigenvalue weighted by molar-refractivity contribution is -0.139. The number of urea groups is 1. The van der Waals surface area contributed by atoms with Crippen LogP contribution in [0.4, 0.5) is 9.18 Å². The van der Waals surface area contributed by atoms with Crippen molar-refractivity contribution in [2.24, 2.45) is 0 Å². The summed E-state index contributed by atoms with van der Waals surface area (Å²) in [4.78, 5) is 30.0. The number of piperazine rings is 1. The van der Waals surface area contributed by atoms with Crippen LogP contribution in [0, 0.1) is 5.82 Å². The van der Waals surface area contributed by atoms with Crippen LogP contribution in [0.15, 0.2) is 70.8 Å². The Bertz CT molecular complexity index is 1320. The Kier molecular flexibility index (Phi) is 8.49. The first-order chi connectivity index (χ1) is 18.2. The Morgan fingerprint density at radius 3 is 2.39 bits per heavy atom. The first kappa shape index (κ1) is 27.7. The Balaban J connectivity index is 1.67. The number of benzene rings is 2. The average Bonchev–Trinajstić information content (AvgIpc) is 2.89. The molecular weight excluding hydrogens is 511 g/mol. The molecule has 2 atom stereocenters. The number of hydrogen-bond acceptors (Lipinski definition) is 6. The van der Waals surface area contributed by atoms with E-state index in [1.165, 1.54) is 21.3 Å². The summed E-state index contributed by atoms with van der Waals surface area (Å²) >= 11 is 0. The third-order valence-electron chi connectivity index (χ3n) is 6.84. The van der Waals surface area contributed by atoms with E-state index in [-0.39, 0.29) is 48.3 Å². The highest BCUT2D eigenvalue weighted by Crippen LogP contribution is 2.33. The Labute approximate surface area is 222 Å². The lowest BCUT2D eigenvalue weighted by atomic mass is 9.93. The van der Waals surface area contributed by atoms with Crippen molar-refractivity contribution in [3.8, 4) is 0 Å². The molecule has 0 aliphatic carbocycles. The fraction of sp³-hybridized carbons (Fsp3) is 0.407. The molecule has 2 aliphatic rings. The Morgan fingerprint density at radius 2 is 1.76 bits per heavy atom. The van der Waals surface area contributed by atoms with Gasteiger partial charge in [0.1, 0.15) is 5.82 Å². The summed E-state index contributed by atoms with van der Waals surface area (Å²) in [5.41, 5.74) is 0.768. The van der Waals surface area contributed by atoms with Crippen LogP contribution in [0.1, 0.15) is 32.4 Å². The number of nitrogens with one attached hydrogen (secondary N) is 1. The summed E-state index contributed by atoms with van der Waals surface area (Å²) in [7, 11) is -3.67. The van der Waals surface area contributed by atoms with Crippen LogP contribution in [-0.2, 0) is 19.6 Å². The first-order valence-electron chi connectivity index (χ1n) is 12.7. The van der Waals surface area contributed by atoms with Crippen LogP contribution >= 0.6 is 0 Å². The molecule has 0 aromatic heterocycles. The van der Waals surface area contributed by atoms with Crippen LogP contribution in [-0.4, -0.2) is 79.9 Å². The molecule has 2 amide bonds. The second-order valence-electron chi connectivity index (χ2n) is 9.24. The number of ether oxygens (including phenoxy) is 1. The summed E-state index contributed by atoms with van der Waals surface area (Å²) in [6.45, 7) is 6.93. The molecule has 0 radical (unpaired) electrons. The lowest BCUT2D eigenvalue weighted by Gasteiger charge is -2.42. The highest BCUT2D eigenvalue weighted by Gasteiger charge is 2.40. The molecule has 2 aromatic carbocycles. The van der Waals surface area contributed by atoms with Gasteiger partial charge in [0.2, 0.25) is 10.0 Å². The van der Waals surface area contributed by atoms with Crippen molar-refractivity contribution in [1.29, 1.82) is 0 Å². The number of esters is 1. The maximum Gasteiger partial charge on any atom is 0.338 e. The first-order valence-corrected chi connectivity index (χ1v) is 14.1. The van der Waals surface area contributed by atoms with Crippen molar-refractivity contribution in [1.82, 2.24) is 19.4 Å². The fourth-order valence-corrected chi connectivity index (χ4v) is 6.69. The van der Waals surface area contributed by atoms with E-state index in [4.69, 9.17) is 4.74 Å². The number of nitrogens with zero attached hydrogens (tertiary/aromatic N) is 3. The maximum atomic E-state index is 14.8. The number of halogens is 1. The molecule has 1 saturated heterocycles. The highest BCUT2D eigenvalue weighted by atomic mass is 32.2. The van der Waals surface area contributed by atoms with Crippen molar-refractivity contribution >= 4 is 22.0 Å². The Hall–Kier alpha value is -3.28. The van der Waals surface area contributed by atoms with Crippen molar-refractivity contribution in [3.63, 3.8) is 0 Å². The summed E-state index contributed by atoms with van der Waals surface area (Å²) in [6.07, 6.45) is 0. The predicted octanol–water partition coefficient (Wildman–Crippen LogP) is 3.12. The summed E-state index contributed by atoms with van der Waals surface area (Å²) < 4.78 is 48.1. The highest BCUT2D eigenvalue weighted by molar-refractivity contribution is 7.89. The standard InChI is InChI=1S/C27H33FN4O5S/c1-4-31-23(18-30-15-16-32(19(3)17-30)38(35,36)20-11-7-6-8-12-20)24(26(33)37-5-2)25(29-27(31)34)21-13-9-10-14-22(21)28/h6-14,19,25H,4-5,15-18H2,1-3H3,(H,29,34)/t19-,25+/m0/s1. The van der Waals surface area contributed by atoms with Gasteiger partial charge in [-0.15, -0.1) is 0 Å². The number of amides is 2. The van der Waals surface area contributed by atoms with Crippen LogP contribution in [0.5, 0.6) is 0 Å². The molecule has 4 rings (SSSR count). The van der Waals surface area contributed by atoms with E-state index in [0.717, 1.165) is 0 Å². The molecular formula is C27H33FN4O5S. The van der Waals surface area contributed by atoms with Gasteiger partial charge < -0.3 is 10.1 Å². The van der Waals surface area contributed by atoms with E-state index in [9.17, 15) is 22.4 Å². The molecule has 204 valence electrons. The molecule has 0 spiro atoms. The fourth-order valence-electron chi connectivity index (χ4n) is 5.06. The minimum atomic E-state index is -3.67. The zero-order valence-electron chi connectivity index (χ0n) is 21.8. The van der Waals surface area contributed by atoms with Crippen molar-refractivity contribution < 1.29 is 27.1 Å². The number of sulfonamides is 1. The molecule has 1 N–H and O–H groups in total. The van der Waals surface area contributed by atoms with Gasteiger partial charge in [-0.1, -0.05) is 36.4 Å². The van der Waals surface area contributed by atoms with Crippen LogP contribution in [0.3, 0.4) is 0 Å². The van der Waals surface area contributed by atoms with Crippen LogP contribution in [0.2, 0.25) is 0 Å². The lowest BCUT2D eigenvalue weighted by Crippen LogP contribution is -2.56. The molecule has 1 fully saturated rings. The molecule has 9 nitrogen and oxygen atoms in total. The van der Waals surface area contributed by atoms with Crippen LogP contribution < -0.4 is 5.32 Å². The van der Waals surface area contributed by atoms with Crippen LogP contribution in [0.25, 0.3) is 0 Å². The average molecular weight is 545 g/mol. The number of likely N-dealkylation sites (N-methyl/N-ethyl adjacent to an activating group) is 1. The van der Waals surface area contributed by atoms with Gasteiger partial charge in [-0.3, -0.25) is 9.80 Å². The van der Waals surface area contributed by atoms with Crippen molar-refractivity contribution in [2.45, 2.75) is 37.8 Å². The van der Waals surface area contributed by atoms with E-state index in [1.807, 2.05) is 11.8 Å². The largest absolute Gasteiger partial charge is 0.463 e. The summed E-state index contributed by atoms with van der Waals surface area (Å²) in [6, 6.07) is 12.5. The smallest absolute Gasteiger partial charge is 0.338 e. The third kappa shape index (κ3) is 5.45. The molecule has 2 heterocycles. The van der Waals surface area contributed by atoms with Gasteiger partial charge in [-0.05, 0) is 39.0 Å². The molecule has 38 heavy (non-hydrogen) atoms. The zero-order valence-corrected chi connectivity index (χ0v) is 22.6. The van der Waals surface area contributed by atoms with Gasteiger partial charge >= 0.3 is 12.0 Å². The van der Waals surface area contributed by atoms with Crippen molar-refractivity contribution in [2.75, 3.05) is 39.3 Å². The van der Waals surface area contributed by atoms with E-state index in [0.29, 0.717) is 18.8 Å². The molecule has 0 saturated carbocycles. The second-order valence-corrected chi connectivity index (χ2v) is 11.1. The van der Waals surface area contributed by atoms with Gasteiger partial charge in [0, 0.05) is 50.0 Å². The minimum absolute atomic E-state index is 0.118. The van der Waals surface area contributed by atoms with E-state index < -0.39 is 33.9 Å².